The Balaban J connectivity index is 0.000000202. The zero-order chi connectivity index (χ0) is 104. The van der Waals surface area contributed by atoms with Gasteiger partial charge in [0.25, 0.3) is 0 Å². The molecule has 0 saturated heterocycles. The molecule has 0 aliphatic carbocycles. The van der Waals surface area contributed by atoms with E-state index in [-0.39, 0.29) is 123 Å². The fraction of sp³-hybridized carbons (Fsp3) is 0.291. The minimum Gasteiger partial charge on any atom is -0.504 e. The van der Waals surface area contributed by atoms with Crippen molar-refractivity contribution in [2.45, 2.75) is 32.4 Å². The zero-order valence-electron chi connectivity index (χ0n) is 80.6. The molecule has 8 heterocycles. The van der Waals surface area contributed by atoms with Gasteiger partial charge in [-0.25, -0.2) is 0 Å². The summed E-state index contributed by atoms with van der Waals surface area (Å²) >= 11 is 0. The fourth-order valence-corrected chi connectivity index (χ4v) is 11.5. The number of aromatic nitrogens is 22. The normalized spacial score (nSPS) is 10.4. The van der Waals surface area contributed by atoms with Crippen LogP contribution in [0.15, 0.2) is 128 Å². The molecule has 141 heavy (non-hydrogen) atoms. The summed E-state index contributed by atoms with van der Waals surface area (Å²) in [5.41, 5.74) is 42.4. The Labute approximate surface area is 810 Å². The van der Waals surface area contributed by atoms with Crippen molar-refractivity contribution in [1.29, 1.82) is 0 Å². The van der Waals surface area contributed by atoms with Gasteiger partial charge in [0.05, 0.1) is 5.69 Å². The molecule has 8 aromatic heterocycles. The topological polar surface area (TPSA) is 792 Å². The molecule has 0 saturated carbocycles. The number of phenolic OH excluding ortho intramolecular Hbond substituents is 12. The van der Waals surface area contributed by atoms with E-state index >= 15 is 0 Å². The van der Waals surface area contributed by atoms with Crippen molar-refractivity contribution in [2.75, 3.05) is 250 Å². The maximum Gasteiger partial charge on any atom is 0.236 e. The lowest BCUT2D eigenvalue weighted by atomic mass is 10.1. The number of aromatic hydroxyl groups is 12. The van der Waals surface area contributed by atoms with Crippen molar-refractivity contribution >= 4 is 136 Å². The molecule has 0 fully saturated rings. The van der Waals surface area contributed by atoms with Crippen LogP contribution in [-0.4, -0.2) is 310 Å². The zero-order valence-corrected chi connectivity index (χ0v) is 80.6. The van der Waals surface area contributed by atoms with Crippen molar-refractivity contribution in [3.63, 3.8) is 0 Å². The quantitative estimate of drug-likeness (QED) is 0.0292. The number of likely N-dealkylation sites (N-methyl/N-ethyl adjacent to an activating group) is 1. The summed E-state index contributed by atoms with van der Waals surface area (Å²) < 4.78 is 0. The van der Waals surface area contributed by atoms with Gasteiger partial charge >= 0.3 is 0 Å². The predicted octanol–water partition coefficient (Wildman–Crippen LogP) is 4.18. The highest BCUT2D eigenvalue weighted by Crippen LogP contribution is 2.39. The molecular formula is C86H119N43O12. The Bertz CT molecular complexity index is 6370. The number of hydrogen-bond acceptors (Lipinski definition) is 54. The number of H-pyrrole nitrogens is 1. The van der Waals surface area contributed by atoms with E-state index in [9.17, 15) is 61.3 Å². The van der Waals surface area contributed by atoms with Crippen LogP contribution >= 0.6 is 0 Å². The molecule has 0 spiro atoms. The van der Waals surface area contributed by atoms with Crippen LogP contribution in [0.1, 0.15) is 27.8 Å². The Kier molecular flexibility index (Phi) is 38.4. The van der Waals surface area contributed by atoms with Gasteiger partial charge in [-0.3, -0.25) is 0 Å². The largest absolute Gasteiger partial charge is 0.504 e. The number of aromatic amines is 1. The maximum atomic E-state index is 9.87. The van der Waals surface area contributed by atoms with Gasteiger partial charge < -0.3 is 177 Å². The molecule has 31 N–H and O–H groups in total. The minimum atomic E-state index is -0.250. The summed E-state index contributed by atoms with van der Waals surface area (Å²) in [6.45, 7) is 2.11. The van der Waals surface area contributed by atoms with E-state index in [1.807, 2.05) is 80.5 Å². The highest BCUT2D eigenvalue weighted by molar-refractivity contribution is 5.69. The highest BCUT2D eigenvalue weighted by atomic mass is 16.3. The smallest absolute Gasteiger partial charge is 0.236 e. The third kappa shape index (κ3) is 32.4. The van der Waals surface area contributed by atoms with Crippen LogP contribution < -0.4 is 110 Å². The van der Waals surface area contributed by atoms with Gasteiger partial charge in [0.2, 0.25) is 125 Å². The van der Waals surface area contributed by atoms with Crippen molar-refractivity contribution in [3.05, 3.63) is 155 Å². The molecule has 55 heteroatoms. The first kappa shape index (κ1) is 107. The average molecular weight is 1950 g/mol. The molecule has 55 nitrogen and oxygen atoms in total. The standard InChI is InChI=1S/C15H22N6O2.C14H20N6O2.2C13H18N6O2.2C12H16N6O2.C7H9N7/c1-20(2)14-17-13(18-15(19-14)21(3)4)16-9-8-10-6-5-7-11(22)12(10)23;1-19(2)13-16-12(15)17-14(18-13)20(3)8-7-9-5-4-6-10(21)11(9)22;1-18(2)12-15-11(14)16-13(17-12)19(3)7-8-5-4-6-9(20)10(8)21;1-19(2)13-17-11(14)16-12(18-13)15-7-6-8-4-3-5-9(20)10(8)21;1-17(2)11-14-10(13)15-12(16-11)18(3)7-5-4-6-8(19)9(7)20;1-18(2)12-16-10(13)15-11(17-12)14-6-7-4-3-5-8(19)9(7)20;8-5-12-6(9)14-7(13-5)11-4-2-1-3-10-4/h5-7,22-23H,8-9H2,1-4H3,(H,16,17,18,19);4-6,21-22H,7-8H2,1-3H3,(H2,15,16,17,18);4-6,20-21H,7H2,1-3H3,(H2,14,15,16,17);3-5,20-21H,6-7H2,1-2H3,(H3,14,15,16,17,18);4-6,19-20H,1-3H3,(H2,13,14,15,16);3-5,19-20H,6H2,1-2H3,(H3,13,14,15,16,17);1-3,10H,(H5,8,9,11,12,13,14). The SMILES string of the molecule is CN(C)c1nc(N)nc(N(C)CCc2cccc(O)c2O)n1.CN(C)c1nc(N)nc(N(C)Cc2cccc(O)c2O)n1.CN(C)c1nc(N)nc(N(C)c2cccc(O)c2O)n1.CN(C)c1nc(N)nc(NCCc2cccc(O)c2O)n1.CN(C)c1nc(N)nc(NCc2cccc(O)c2O)n1.CN(C)c1nc(NCCc2cccc(O)c2O)nc(N(C)C)n1.Nc1nc(N)nc(Nc2ccc[nH]2)n1. The van der Waals surface area contributed by atoms with Crippen molar-refractivity contribution in [3.8, 4) is 69.0 Å². The molecule has 0 atom stereocenters. The fourth-order valence-electron chi connectivity index (χ4n) is 11.5. The molecule has 0 radical (unpaired) electrons. The Hall–Kier alpha value is -18.9. The lowest BCUT2D eigenvalue weighted by Crippen LogP contribution is -2.25. The molecular weight excluding hydrogens is 1830 g/mol. The van der Waals surface area contributed by atoms with Crippen molar-refractivity contribution in [2.24, 2.45) is 0 Å². The number of anilines is 23. The minimum absolute atomic E-state index is 0.0743. The van der Waals surface area contributed by atoms with Gasteiger partial charge in [-0.2, -0.15) is 105 Å². The summed E-state index contributed by atoms with van der Waals surface area (Å²) in [5.74, 6) is 5.62. The van der Waals surface area contributed by atoms with E-state index in [1.165, 1.54) is 41.3 Å². The number of benzene rings is 6. The third-order valence-corrected chi connectivity index (χ3v) is 18.8. The third-order valence-electron chi connectivity index (χ3n) is 18.8. The summed E-state index contributed by atoms with van der Waals surface area (Å²) in [6.07, 6.45) is 3.33. The van der Waals surface area contributed by atoms with E-state index in [4.69, 9.17) is 40.1 Å². The summed E-state index contributed by atoms with van der Waals surface area (Å²) in [7, 11) is 30.7. The predicted molar refractivity (Wildman–Crippen MR) is 542 cm³/mol. The molecule has 0 aliphatic heterocycles. The Morgan fingerprint density at radius 2 is 0.539 bits per heavy atom. The number of phenols is 12. The molecule has 0 aliphatic rings. The van der Waals surface area contributed by atoms with Crippen LogP contribution in [0.2, 0.25) is 0 Å². The molecule has 0 amide bonds. The number of nitrogens with one attached hydrogen (secondary N) is 5. The van der Waals surface area contributed by atoms with E-state index in [0.717, 1.165) is 5.82 Å². The molecule has 6 aromatic carbocycles. The van der Waals surface area contributed by atoms with Gasteiger partial charge in [0.15, 0.2) is 69.0 Å². The second kappa shape index (κ2) is 50.4. The average Bonchev–Trinajstić information content (AvgIpc) is 0.977. The number of para-hydroxylation sites is 6. The second-order valence-electron chi connectivity index (χ2n) is 31.5. The number of nitrogen functional groups attached to an aromatic ring is 7. The van der Waals surface area contributed by atoms with Crippen molar-refractivity contribution < 1.29 is 61.3 Å². The number of rotatable bonds is 29. The maximum absolute atomic E-state index is 9.87. The molecule has 0 unspecified atom stereocenters. The van der Waals surface area contributed by atoms with E-state index < -0.39 is 0 Å². The lowest BCUT2D eigenvalue weighted by molar-refractivity contribution is 0.399. The summed E-state index contributed by atoms with van der Waals surface area (Å²) in [5, 5.41) is 128. The number of nitrogens with two attached hydrogens (primary N) is 7. The van der Waals surface area contributed by atoms with Gasteiger partial charge in [0.1, 0.15) is 5.82 Å². The summed E-state index contributed by atoms with van der Waals surface area (Å²) in [6, 6.07) is 32.5. The molecule has 750 valence electrons. The van der Waals surface area contributed by atoms with E-state index in [0.29, 0.717) is 156 Å². The van der Waals surface area contributed by atoms with Crippen LogP contribution in [0.5, 0.6) is 69.0 Å². The second-order valence-corrected chi connectivity index (χ2v) is 31.5. The molecule has 14 aromatic rings. The summed E-state index contributed by atoms with van der Waals surface area (Å²) in [4.78, 5) is 106. The molecule has 0 bridgehead atoms. The lowest BCUT2D eigenvalue weighted by Gasteiger charge is -2.20. The first-order valence-corrected chi connectivity index (χ1v) is 42.3. The first-order valence-electron chi connectivity index (χ1n) is 42.3. The Morgan fingerprint density at radius 1 is 0.255 bits per heavy atom. The number of hydrogen-bond donors (Lipinski definition) is 24. The van der Waals surface area contributed by atoms with E-state index in [1.54, 1.807) is 175 Å². The van der Waals surface area contributed by atoms with Crippen LogP contribution in [0, 0.1) is 0 Å². The Morgan fingerprint density at radius 3 is 0.936 bits per heavy atom. The van der Waals surface area contributed by atoms with Gasteiger partial charge in [-0.1, -0.05) is 66.7 Å². The van der Waals surface area contributed by atoms with Gasteiger partial charge in [0, 0.05) is 170 Å². The van der Waals surface area contributed by atoms with Crippen LogP contribution in [-0.2, 0) is 32.4 Å². The van der Waals surface area contributed by atoms with E-state index in [2.05, 4.69) is 131 Å². The van der Waals surface area contributed by atoms with Crippen LogP contribution in [0.3, 0.4) is 0 Å². The first-order chi connectivity index (χ1) is 66.7. The van der Waals surface area contributed by atoms with Crippen LogP contribution in [0.25, 0.3) is 0 Å². The highest BCUT2D eigenvalue weighted by Gasteiger charge is 2.22. The van der Waals surface area contributed by atoms with Crippen molar-refractivity contribution in [1.82, 2.24) is 110 Å². The monoisotopic (exact) mass is 1950 g/mol. The van der Waals surface area contributed by atoms with Gasteiger partial charge in [-0.15, -0.1) is 0 Å². The molecule has 14 rings (SSSR count). The van der Waals surface area contributed by atoms with Gasteiger partial charge in [-0.05, 0) is 90.6 Å². The number of nitrogens with zero attached hydrogens (tertiary/aromatic N) is 31. The van der Waals surface area contributed by atoms with Crippen LogP contribution in [0.4, 0.5) is 136 Å².